The van der Waals surface area contributed by atoms with E-state index < -0.39 is 10.9 Å². The van der Waals surface area contributed by atoms with Crippen molar-refractivity contribution >= 4 is 38.5 Å². The number of benzene rings is 1. The molecule has 2 rings (SSSR count). The molecule has 0 saturated carbocycles. The molecule has 0 bridgehead atoms. The molecule has 0 radical (unpaired) electrons. The third-order valence-electron chi connectivity index (χ3n) is 2.42. The van der Waals surface area contributed by atoms with Gasteiger partial charge < -0.3 is 9.72 Å². The van der Waals surface area contributed by atoms with Gasteiger partial charge in [0.05, 0.1) is 16.0 Å². The fourth-order valence-corrected chi connectivity index (χ4v) is 2.26. The van der Waals surface area contributed by atoms with Crippen molar-refractivity contribution in [1.29, 1.82) is 0 Å². The normalized spacial score (nSPS) is 10.6. The van der Waals surface area contributed by atoms with Crippen molar-refractivity contribution in [2.75, 3.05) is 6.61 Å². The lowest BCUT2D eigenvalue weighted by molar-refractivity contribution is -0.383. The van der Waals surface area contributed by atoms with Crippen LogP contribution in [0.25, 0.3) is 10.9 Å². The summed E-state index contributed by atoms with van der Waals surface area (Å²) >= 11 is 3.25. The summed E-state index contributed by atoms with van der Waals surface area (Å²) in [5.74, 6) is -0.546. The molecule has 94 valence electrons. The fourth-order valence-electron chi connectivity index (χ4n) is 1.66. The van der Waals surface area contributed by atoms with Crippen molar-refractivity contribution < 1.29 is 14.5 Å². The second-order valence-corrected chi connectivity index (χ2v) is 4.28. The van der Waals surface area contributed by atoms with Crippen LogP contribution < -0.4 is 0 Å². The molecule has 0 aliphatic heterocycles. The number of carbonyl (C=O) groups excluding carboxylic acids is 1. The minimum Gasteiger partial charge on any atom is -0.461 e. The number of aromatic amines is 1. The van der Waals surface area contributed by atoms with Gasteiger partial charge in [-0.15, -0.1) is 0 Å². The average molecular weight is 313 g/mol. The number of nitro groups is 1. The van der Waals surface area contributed by atoms with Gasteiger partial charge in [0.25, 0.3) is 5.69 Å². The van der Waals surface area contributed by atoms with Crippen molar-refractivity contribution in [1.82, 2.24) is 4.98 Å². The highest BCUT2D eigenvalue weighted by Gasteiger charge is 2.22. The van der Waals surface area contributed by atoms with E-state index in [2.05, 4.69) is 20.9 Å². The van der Waals surface area contributed by atoms with Crippen molar-refractivity contribution in [3.63, 3.8) is 0 Å². The van der Waals surface area contributed by atoms with Crippen LogP contribution in [-0.2, 0) is 4.74 Å². The van der Waals surface area contributed by atoms with Gasteiger partial charge in [-0.3, -0.25) is 10.1 Å². The van der Waals surface area contributed by atoms with Gasteiger partial charge in [-0.25, -0.2) is 4.79 Å². The monoisotopic (exact) mass is 312 g/mol. The number of halogens is 1. The Morgan fingerprint density at radius 3 is 2.89 bits per heavy atom. The van der Waals surface area contributed by atoms with Gasteiger partial charge in [0.2, 0.25) is 0 Å². The van der Waals surface area contributed by atoms with Crippen LogP contribution in [0, 0.1) is 10.1 Å². The molecule has 18 heavy (non-hydrogen) atoms. The van der Waals surface area contributed by atoms with Crippen LogP contribution in [0.2, 0.25) is 0 Å². The third kappa shape index (κ3) is 1.97. The Balaban J connectivity index is 2.66. The number of nitrogens with zero attached hydrogens (tertiary/aromatic N) is 1. The molecule has 0 aliphatic rings. The number of rotatable bonds is 3. The quantitative estimate of drug-likeness (QED) is 0.536. The lowest BCUT2D eigenvalue weighted by atomic mass is 10.2. The molecule has 2 aromatic rings. The van der Waals surface area contributed by atoms with Crippen molar-refractivity contribution in [2.45, 2.75) is 6.92 Å². The first-order valence-electron chi connectivity index (χ1n) is 5.18. The molecule has 0 aliphatic carbocycles. The number of hydrogen-bond acceptors (Lipinski definition) is 4. The van der Waals surface area contributed by atoms with Gasteiger partial charge >= 0.3 is 5.97 Å². The molecule has 6 nitrogen and oxygen atoms in total. The van der Waals surface area contributed by atoms with E-state index in [0.29, 0.717) is 15.4 Å². The van der Waals surface area contributed by atoms with Crippen LogP contribution in [0.5, 0.6) is 0 Å². The van der Waals surface area contributed by atoms with E-state index in [4.69, 9.17) is 4.74 Å². The topological polar surface area (TPSA) is 85.2 Å². The van der Waals surface area contributed by atoms with Gasteiger partial charge in [-0.2, -0.15) is 0 Å². The largest absolute Gasteiger partial charge is 0.461 e. The van der Waals surface area contributed by atoms with E-state index >= 15 is 0 Å². The molecule has 7 heteroatoms. The number of aromatic nitrogens is 1. The summed E-state index contributed by atoms with van der Waals surface area (Å²) in [7, 11) is 0. The van der Waals surface area contributed by atoms with Gasteiger partial charge in [0.1, 0.15) is 11.2 Å². The minimum atomic E-state index is -0.546. The zero-order valence-electron chi connectivity index (χ0n) is 9.40. The zero-order chi connectivity index (χ0) is 13.3. The van der Waals surface area contributed by atoms with Gasteiger partial charge in [0.15, 0.2) is 0 Å². The molecular weight excluding hydrogens is 304 g/mol. The average Bonchev–Trinajstić information content (AvgIpc) is 2.67. The van der Waals surface area contributed by atoms with Crippen LogP contribution >= 0.6 is 15.9 Å². The molecule has 0 atom stereocenters. The van der Waals surface area contributed by atoms with Crippen LogP contribution in [0.3, 0.4) is 0 Å². The summed E-state index contributed by atoms with van der Waals surface area (Å²) in [4.78, 5) is 24.8. The Morgan fingerprint density at radius 2 is 2.28 bits per heavy atom. The summed E-state index contributed by atoms with van der Waals surface area (Å²) < 4.78 is 5.34. The van der Waals surface area contributed by atoms with E-state index in [1.54, 1.807) is 19.1 Å². The number of para-hydroxylation sites is 1. The number of ether oxygens (including phenoxy) is 1. The van der Waals surface area contributed by atoms with Crippen LogP contribution in [0.4, 0.5) is 5.69 Å². The molecule has 0 amide bonds. The smallest absolute Gasteiger partial charge is 0.355 e. The van der Waals surface area contributed by atoms with E-state index in [-0.39, 0.29) is 18.0 Å². The third-order valence-corrected chi connectivity index (χ3v) is 3.25. The summed E-state index contributed by atoms with van der Waals surface area (Å²) in [6.45, 7) is 1.93. The maximum absolute atomic E-state index is 11.7. The lowest BCUT2D eigenvalue weighted by Gasteiger charge is -1.98. The highest BCUT2D eigenvalue weighted by molar-refractivity contribution is 9.10. The number of fused-ring (bicyclic) bond motifs is 1. The van der Waals surface area contributed by atoms with Gasteiger partial charge in [-0.05, 0) is 22.9 Å². The van der Waals surface area contributed by atoms with E-state index in [1.807, 2.05) is 0 Å². The highest BCUT2D eigenvalue weighted by Crippen LogP contribution is 2.33. The molecule has 0 fully saturated rings. The van der Waals surface area contributed by atoms with Gasteiger partial charge in [0, 0.05) is 11.5 Å². The Kier molecular flexibility index (Phi) is 3.33. The van der Waals surface area contributed by atoms with E-state index in [1.165, 1.54) is 6.07 Å². The molecule has 0 spiro atoms. The summed E-state index contributed by atoms with van der Waals surface area (Å²) in [5, 5.41) is 11.5. The van der Waals surface area contributed by atoms with E-state index in [0.717, 1.165) is 0 Å². The number of nitrogens with one attached hydrogen (secondary N) is 1. The Bertz CT molecular complexity index is 635. The SMILES string of the molecule is CCOC(=O)c1[nH]c2c([N+](=O)[O-])cccc2c1Br. The maximum Gasteiger partial charge on any atom is 0.355 e. The number of non-ortho nitro benzene ring substituents is 1. The van der Waals surface area contributed by atoms with Crippen molar-refractivity contribution in [3.05, 3.63) is 38.5 Å². The summed E-state index contributed by atoms with van der Waals surface area (Å²) in [5.41, 5.74) is 0.405. The molecule has 1 N–H and O–H groups in total. The predicted octanol–water partition coefficient (Wildman–Crippen LogP) is 3.02. The number of esters is 1. The number of carbonyl (C=O) groups is 1. The molecule has 1 aromatic heterocycles. The van der Waals surface area contributed by atoms with Gasteiger partial charge in [-0.1, -0.05) is 12.1 Å². The molecule has 1 heterocycles. The summed E-state index contributed by atoms with van der Waals surface area (Å²) in [6, 6.07) is 4.62. The Hall–Kier alpha value is -1.89. The fraction of sp³-hybridized carbons (Fsp3) is 0.182. The number of nitro benzene ring substituents is 1. The second-order valence-electron chi connectivity index (χ2n) is 3.49. The molecular formula is C11H9BrN2O4. The first-order chi connectivity index (χ1) is 8.56. The first-order valence-corrected chi connectivity index (χ1v) is 5.97. The van der Waals surface area contributed by atoms with Crippen LogP contribution in [0.15, 0.2) is 22.7 Å². The first kappa shape index (κ1) is 12.6. The maximum atomic E-state index is 11.7. The standard InChI is InChI=1S/C11H9BrN2O4/c1-2-18-11(15)10-8(12)6-4-3-5-7(14(16)17)9(6)13-10/h3-5,13H,2H2,1H3. The van der Waals surface area contributed by atoms with E-state index in [9.17, 15) is 14.9 Å². The zero-order valence-corrected chi connectivity index (χ0v) is 11.0. The Labute approximate surface area is 110 Å². The Morgan fingerprint density at radius 1 is 1.56 bits per heavy atom. The van der Waals surface area contributed by atoms with Crippen molar-refractivity contribution in [2.24, 2.45) is 0 Å². The molecule has 0 unspecified atom stereocenters. The lowest BCUT2D eigenvalue weighted by Crippen LogP contribution is -2.05. The summed E-state index contributed by atoms with van der Waals surface area (Å²) in [6.07, 6.45) is 0. The number of hydrogen-bond donors (Lipinski definition) is 1. The second kappa shape index (κ2) is 4.77. The van der Waals surface area contributed by atoms with Crippen molar-refractivity contribution in [3.8, 4) is 0 Å². The molecule has 0 saturated heterocycles. The van der Waals surface area contributed by atoms with Crippen LogP contribution in [0.1, 0.15) is 17.4 Å². The van der Waals surface area contributed by atoms with Crippen LogP contribution in [-0.4, -0.2) is 22.5 Å². The highest BCUT2D eigenvalue weighted by atomic mass is 79.9. The molecule has 1 aromatic carbocycles. The minimum absolute atomic E-state index is 0.0799. The number of H-pyrrole nitrogens is 1. The predicted molar refractivity (Wildman–Crippen MR) is 68.6 cm³/mol.